The molecule has 0 aliphatic carbocycles. The summed E-state index contributed by atoms with van der Waals surface area (Å²) in [6, 6.07) is -1.32. The fourth-order valence-electron chi connectivity index (χ4n) is 1.09. The summed E-state index contributed by atoms with van der Waals surface area (Å²) in [7, 11) is 1.41. The minimum atomic E-state index is -1.32. The second-order valence-corrected chi connectivity index (χ2v) is 3.42. The van der Waals surface area contributed by atoms with Crippen molar-refractivity contribution in [2.24, 2.45) is 5.73 Å². The molecule has 7 heteroatoms. The van der Waals surface area contributed by atoms with E-state index in [0.29, 0.717) is 0 Å². The van der Waals surface area contributed by atoms with Gasteiger partial charge >= 0.3 is 5.97 Å². The van der Waals surface area contributed by atoms with Crippen LogP contribution in [0.1, 0.15) is 13.3 Å². The molecular weight excluding hydrogens is 216 g/mol. The largest absolute Gasteiger partial charge is 0.480 e. The second kappa shape index (κ2) is 7.15. The van der Waals surface area contributed by atoms with E-state index in [4.69, 9.17) is 20.7 Å². The van der Waals surface area contributed by atoms with Crippen LogP contribution in [0.15, 0.2) is 0 Å². The molecule has 0 spiro atoms. The topological polar surface area (TPSA) is 122 Å². The molecule has 0 aromatic rings. The van der Waals surface area contributed by atoms with Crippen LogP contribution in [-0.4, -0.2) is 54.0 Å². The first-order valence-corrected chi connectivity index (χ1v) is 4.85. The molecule has 0 saturated carbocycles. The van der Waals surface area contributed by atoms with Gasteiger partial charge in [-0.1, -0.05) is 0 Å². The van der Waals surface area contributed by atoms with Crippen LogP contribution in [0.3, 0.4) is 0 Å². The van der Waals surface area contributed by atoms with E-state index < -0.39 is 30.1 Å². The number of hydrogen-bond donors (Lipinski definition) is 4. The number of carboxylic acid groups (broad SMARTS) is 1. The van der Waals surface area contributed by atoms with Gasteiger partial charge in [0.15, 0.2) is 6.04 Å². The second-order valence-electron chi connectivity index (χ2n) is 3.42. The highest BCUT2D eigenvalue weighted by Crippen LogP contribution is 1.98. The van der Waals surface area contributed by atoms with Crippen molar-refractivity contribution in [1.82, 2.24) is 5.32 Å². The molecule has 1 unspecified atom stereocenters. The van der Waals surface area contributed by atoms with E-state index in [2.05, 4.69) is 5.32 Å². The van der Waals surface area contributed by atoms with Crippen molar-refractivity contribution in [3.8, 4) is 0 Å². The number of carbonyl (C=O) groups excluding carboxylic acids is 1. The van der Waals surface area contributed by atoms with Gasteiger partial charge in [-0.15, -0.1) is 0 Å². The number of rotatable bonds is 7. The molecule has 1 amide bonds. The first-order chi connectivity index (χ1) is 7.42. The summed E-state index contributed by atoms with van der Waals surface area (Å²) in [4.78, 5) is 22.0. The number of hydrogen-bond acceptors (Lipinski definition) is 5. The molecule has 0 fully saturated rings. The SMILES string of the molecule is COC(CN)CC(=O)N[C@H](C(=O)O)[C@@H](C)O. The normalized spacial score (nSPS) is 16.2. The summed E-state index contributed by atoms with van der Waals surface area (Å²) in [6.45, 7) is 1.45. The Balaban J connectivity index is 4.25. The van der Waals surface area contributed by atoms with Crippen molar-refractivity contribution < 1.29 is 24.5 Å². The van der Waals surface area contributed by atoms with Crippen molar-refractivity contribution >= 4 is 11.9 Å². The molecule has 0 radical (unpaired) electrons. The third-order valence-electron chi connectivity index (χ3n) is 2.07. The average molecular weight is 234 g/mol. The van der Waals surface area contributed by atoms with E-state index >= 15 is 0 Å². The number of nitrogens with two attached hydrogens (primary N) is 1. The highest BCUT2D eigenvalue weighted by atomic mass is 16.5. The van der Waals surface area contributed by atoms with E-state index in [0.717, 1.165) is 0 Å². The summed E-state index contributed by atoms with van der Waals surface area (Å²) in [5.74, 6) is -1.81. The lowest BCUT2D eigenvalue weighted by Gasteiger charge is -2.18. The minimum Gasteiger partial charge on any atom is -0.480 e. The van der Waals surface area contributed by atoms with Crippen LogP contribution in [0.5, 0.6) is 0 Å². The number of ether oxygens (including phenoxy) is 1. The molecule has 3 atom stereocenters. The van der Waals surface area contributed by atoms with Crippen LogP contribution >= 0.6 is 0 Å². The zero-order valence-corrected chi connectivity index (χ0v) is 9.34. The Kier molecular flexibility index (Phi) is 6.63. The number of aliphatic hydroxyl groups excluding tert-OH is 1. The molecular formula is C9H18N2O5. The van der Waals surface area contributed by atoms with Gasteiger partial charge in [0.05, 0.1) is 18.6 Å². The van der Waals surface area contributed by atoms with E-state index in [1.54, 1.807) is 0 Å². The number of methoxy groups -OCH3 is 1. The fraction of sp³-hybridized carbons (Fsp3) is 0.778. The van der Waals surface area contributed by atoms with Crippen molar-refractivity contribution in [1.29, 1.82) is 0 Å². The molecule has 0 aromatic carbocycles. The van der Waals surface area contributed by atoms with Crippen molar-refractivity contribution in [3.63, 3.8) is 0 Å². The van der Waals surface area contributed by atoms with Crippen LogP contribution in [0.4, 0.5) is 0 Å². The zero-order valence-electron chi connectivity index (χ0n) is 9.34. The first kappa shape index (κ1) is 14.8. The van der Waals surface area contributed by atoms with Gasteiger partial charge in [-0.05, 0) is 6.92 Å². The maximum atomic E-state index is 11.4. The van der Waals surface area contributed by atoms with Crippen LogP contribution in [0, 0.1) is 0 Å². The summed E-state index contributed by atoms with van der Waals surface area (Å²) >= 11 is 0. The number of amides is 1. The number of carboxylic acids is 1. The van der Waals surface area contributed by atoms with Gasteiger partial charge in [0.25, 0.3) is 0 Å². The van der Waals surface area contributed by atoms with Gasteiger partial charge in [-0.2, -0.15) is 0 Å². The molecule has 0 aliphatic rings. The standard InChI is InChI=1S/C9H18N2O5/c1-5(12)8(9(14)15)11-7(13)3-6(4-10)16-2/h5-6,8,12H,3-4,10H2,1-2H3,(H,11,13)(H,14,15)/t5-,6?,8+/m1/s1. The van der Waals surface area contributed by atoms with Gasteiger partial charge in [-0.3, -0.25) is 4.79 Å². The fourth-order valence-corrected chi connectivity index (χ4v) is 1.09. The van der Waals surface area contributed by atoms with Gasteiger partial charge in [0.1, 0.15) is 0 Å². The van der Waals surface area contributed by atoms with Crippen LogP contribution in [0.2, 0.25) is 0 Å². The number of nitrogens with one attached hydrogen (secondary N) is 1. The lowest BCUT2D eigenvalue weighted by atomic mass is 10.1. The van der Waals surface area contributed by atoms with Crippen LogP contribution in [0.25, 0.3) is 0 Å². The molecule has 94 valence electrons. The van der Waals surface area contributed by atoms with E-state index in [1.807, 2.05) is 0 Å². The Hall–Kier alpha value is -1.18. The molecule has 0 bridgehead atoms. The minimum absolute atomic E-state index is 0.0382. The lowest BCUT2D eigenvalue weighted by molar-refractivity contribution is -0.145. The molecule has 0 rings (SSSR count). The Morgan fingerprint density at radius 2 is 2.06 bits per heavy atom. The third kappa shape index (κ3) is 5.06. The van der Waals surface area contributed by atoms with Crippen molar-refractivity contribution in [2.75, 3.05) is 13.7 Å². The molecule has 0 saturated heterocycles. The average Bonchev–Trinajstić information content (AvgIpc) is 2.21. The van der Waals surface area contributed by atoms with Gasteiger partial charge in [0.2, 0.25) is 5.91 Å². The van der Waals surface area contributed by atoms with E-state index in [9.17, 15) is 9.59 Å². The quantitative estimate of drug-likeness (QED) is 0.416. The molecule has 0 heterocycles. The van der Waals surface area contributed by atoms with Crippen LogP contribution in [-0.2, 0) is 14.3 Å². The van der Waals surface area contributed by atoms with E-state index in [-0.39, 0.29) is 13.0 Å². The Bertz CT molecular complexity index is 240. The number of aliphatic hydroxyl groups is 1. The number of carbonyl (C=O) groups is 2. The van der Waals surface area contributed by atoms with Gasteiger partial charge in [-0.25, -0.2) is 4.79 Å². The molecule has 7 nitrogen and oxygen atoms in total. The smallest absolute Gasteiger partial charge is 0.328 e. The van der Waals surface area contributed by atoms with Gasteiger partial charge in [0, 0.05) is 13.7 Å². The Morgan fingerprint density at radius 1 is 1.50 bits per heavy atom. The molecule has 0 aliphatic heterocycles. The maximum absolute atomic E-state index is 11.4. The zero-order chi connectivity index (χ0) is 12.7. The monoisotopic (exact) mass is 234 g/mol. The van der Waals surface area contributed by atoms with Crippen molar-refractivity contribution in [3.05, 3.63) is 0 Å². The lowest BCUT2D eigenvalue weighted by Crippen LogP contribution is -2.48. The first-order valence-electron chi connectivity index (χ1n) is 4.85. The Morgan fingerprint density at radius 3 is 2.38 bits per heavy atom. The molecule has 5 N–H and O–H groups in total. The summed E-state index contributed by atoms with van der Waals surface area (Å²) < 4.78 is 4.88. The van der Waals surface area contributed by atoms with Gasteiger partial charge < -0.3 is 26.0 Å². The predicted molar refractivity (Wildman–Crippen MR) is 55.7 cm³/mol. The van der Waals surface area contributed by atoms with Crippen LogP contribution < -0.4 is 11.1 Å². The Labute approximate surface area is 93.6 Å². The maximum Gasteiger partial charge on any atom is 0.328 e. The highest BCUT2D eigenvalue weighted by molar-refractivity contribution is 5.84. The number of aliphatic carboxylic acids is 1. The predicted octanol–water partition coefficient (Wildman–Crippen LogP) is -1.70. The van der Waals surface area contributed by atoms with Crippen molar-refractivity contribution in [2.45, 2.75) is 31.6 Å². The summed E-state index contributed by atoms with van der Waals surface area (Å²) in [5, 5.41) is 20.0. The highest BCUT2D eigenvalue weighted by Gasteiger charge is 2.25. The summed E-state index contributed by atoms with van der Waals surface area (Å²) in [5.41, 5.74) is 5.31. The summed E-state index contributed by atoms with van der Waals surface area (Å²) in [6.07, 6.45) is -1.66. The third-order valence-corrected chi connectivity index (χ3v) is 2.07. The molecule has 0 aromatic heterocycles. The molecule has 16 heavy (non-hydrogen) atoms. The van der Waals surface area contributed by atoms with E-state index in [1.165, 1.54) is 14.0 Å².